The average Bonchev–Trinajstić information content (AvgIpc) is 3.17. The molecule has 1 unspecified atom stereocenters. The molecule has 4 rings (SSSR count). The van der Waals surface area contributed by atoms with Crippen LogP contribution in [0.4, 0.5) is 0 Å². The second-order valence-corrected chi connectivity index (χ2v) is 11.6. The minimum atomic E-state index is -3.23. The molecular formula is C26H27NO5S2. The lowest BCUT2D eigenvalue weighted by Crippen LogP contribution is -2.34. The number of benzene rings is 3. The van der Waals surface area contributed by atoms with Gasteiger partial charge in [0.05, 0.1) is 12.0 Å². The average molecular weight is 498 g/mol. The number of hydrogen-bond acceptors (Lipinski definition) is 7. The van der Waals surface area contributed by atoms with Gasteiger partial charge in [-0.3, -0.25) is 4.79 Å². The van der Waals surface area contributed by atoms with Gasteiger partial charge in [-0.1, -0.05) is 32.0 Å². The normalized spacial score (nSPS) is 13.0. The molecule has 3 aromatic carbocycles. The second-order valence-electron chi connectivity index (χ2n) is 8.69. The molecule has 0 aliphatic rings. The van der Waals surface area contributed by atoms with Gasteiger partial charge in [0.1, 0.15) is 17.2 Å². The molecule has 8 heteroatoms. The lowest BCUT2D eigenvalue weighted by Gasteiger charge is -2.17. The van der Waals surface area contributed by atoms with E-state index in [1.165, 1.54) is 25.3 Å². The molecule has 1 atom stereocenters. The van der Waals surface area contributed by atoms with E-state index >= 15 is 0 Å². The fourth-order valence-corrected chi connectivity index (χ4v) is 5.25. The Labute approximate surface area is 203 Å². The molecule has 1 aromatic heterocycles. The monoisotopic (exact) mass is 497 g/mol. The molecule has 6 nitrogen and oxygen atoms in total. The van der Waals surface area contributed by atoms with Crippen molar-refractivity contribution >= 4 is 49.7 Å². The summed E-state index contributed by atoms with van der Waals surface area (Å²) in [4.78, 5) is 13.3. The summed E-state index contributed by atoms with van der Waals surface area (Å²) < 4.78 is 37.7. The van der Waals surface area contributed by atoms with Gasteiger partial charge >= 0.3 is 5.97 Å². The van der Waals surface area contributed by atoms with Crippen LogP contribution in [0.2, 0.25) is 0 Å². The van der Waals surface area contributed by atoms with Crippen LogP contribution in [-0.2, 0) is 19.4 Å². The number of fused-ring (bicyclic) bond motifs is 3. The maximum absolute atomic E-state index is 12.1. The molecule has 0 aliphatic heterocycles. The molecule has 34 heavy (non-hydrogen) atoms. The summed E-state index contributed by atoms with van der Waals surface area (Å²) in [5.74, 6) is 0.0856. The number of nitrogens with one attached hydrogen (secondary N) is 1. The topological polar surface area (TPSA) is 85.6 Å². The smallest absolute Gasteiger partial charge is 0.323 e. The van der Waals surface area contributed by atoms with Crippen molar-refractivity contribution in [2.24, 2.45) is 5.92 Å². The van der Waals surface area contributed by atoms with Crippen molar-refractivity contribution in [1.29, 1.82) is 0 Å². The van der Waals surface area contributed by atoms with Gasteiger partial charge in [-0.05, 0) is 77.9 Å². The Hall–Kier alpha value is -2.81. The van der Waals surface area contributed by atoms with Crippen molar-refractivity contribution in [2.45, 2.75) is 36.1 Å². The van der Waals surface area contributed by atoms with Crippen LogP contribution in [-0.4, -0.2) is 33.8 Å². The highest BCUT2D eigenvalue weighted by molar-refractivity contribution is 7.97. The van der Waals surface area contributed by atoms with E-state index < -0.39 is 9.84 Å². The van der Waals surface area contributed by atoms with E-state index in [0.29, 0.717) is 17.2 Å². The first-order chi connectivity index (χ1) is 16.2. The van der Waals surface area contributed by atoms with Crippen LogP contribution in [0, 0.1) is 5.92 Å². The molecule has 1 heterocycles. The highest BCUT2D eigenvalue weighted by Gasteiger charge is 2.20. The first-order valence-corrected chi connectivity index (χ1v) is 13.6. The fourth-order valence-electron chi connectivity index (χ4n) is 3.84. The quantitative estimate of drug-likeness (QED) is 0.242. The van der Waals surface area contributed by atoms with E-state index in [0.717, 1.165) is 38.0 Å². The molecule has 0 saturated carbocycles. The number of furan rings is 1. The number of carbonyl (C=O) groups excluding carboxylic acids is 1. The van der Waals surface area contributed by atoms with Crippen LogP contribution in [0.15, 0.2) is 74.9 Å². The second kappa shape index (κ2) is 9.82. The van der Waals surface area contributed by atoms with Crippen molar-refractivity contribution < 1.29 is 22.4 Å². The van der Waals surface area contributed by atoms with E-state index in [9.17, 15) is 13.2 Å². The van der Waals surface area contributed by atoms with Gasteiger partial charge in [0.15, 0.2) is 9.84 Å². The van der Waals surface area contributed by atoms with Crippen LogP contribution in [0.5, 0.6) is 0 Å². The van der Waals surface area contributed by atoms with Gasteiger partial charge in [0.2, 0.25) is 0 Å². The molecule has 0 fully saturated rings. The van der Waals surface area contributed by atoms with Crippen molar-refractivity contribution in [3.63, 3.8) is 0 Å². The van der Waals surface area contributed by atoms with Crippen LogP contribution < -0.4 is 4.72 Å². The summed E-state index contributed by atoms with van der Waals surface area (Å²) in [6.07, 6.45) is 1.88. The largest absolute Gasteiger partial charge is 0.468 e. The Morgan fingerprint density at radius 1 is 0.971 bits per heavy atom. The minimum Gasteiger partial charge on any atom is -0.468 e. The van der Waals surface area contributed by atoms with Crippen molar-refractivity contribution in [3.05, 3.63) is 60.7 Å². The number of hydrogen-bond donors (Lipinski definition) is 1. The molecule has 0 spiro atoms. The fraction of sp³-hybridized carbons (Fsp3) is 0.269. The van der Waals surface area contributed by atoms with Gasteiger partial charge in [-0.2, -0.15) is 0 Å². The van der Waals surface area contributed by atoms with Crippen LogP contribution in [0.3, 0.4) is 0 Å². The Morgan fingerprint density at radius 2 is 1.68 bits per heavy atom. The molecule has 0 bridgehead atoms. The van der Waals surface area contributed by atoms with Gasteiger partial charge in [0.25, 0.3) is 0 Å². The highest BCUT2D eigenvalue weighted by atomic mass is 32.2. The molecule has 178 valence electrons. The molecule has 0 amide bonds. The maximum Gasteiger partial charge on any atom is 0.323 e. The predicted molar refractivity (Wildman–Crippen MR) is 137 cm³/mol. The van der Waals surface area contributed by atoms with Crippen LogP contribution in [0.25, 0.3) is 33.1 Å². The number of sulfone groups is 1. The standard InChI is InChI=1S/C26H27NO5S2/c1-16(2)13-23(26(28)31-3)27-33-19-8-12-24-22(15-19)21-11-7-18(14-25(21)32-24)17-5-9-20(10-6-17)34(4,29)30/h5-12,14-16,23,27H,13H2,1-4H3. The van der Waals surface area contributed by atoms with E-state index in [1.807, 2.05) is 36.4 Å². The summed E-state index contributed by atoms with van der Waals surface area (Å²) in [6.45, 7) is 4.14. The van der Waals surface area contributed by atoms with Crippen LogP contribution in [0.1, 0.15) is 20.3 Å². The number of esters is 1. The molecule has 0 saturated heterocycles. The number of methoxy groups -OCH3 is 1. The number of rotatable bonds is 8. The molecule has 0 radical (unpaired) electrons. The third-order valence-corrected chi connectivity index (χ3v) is 7.59. The summed E-state index contributed by atoms with van der Waals surface area (Å²) in [6, 6.07) is 18.4. The first kappa shape index (κ1) is 24.3. The zero-order valence-corrected chi connectivity index (χ0v) is 21.1. The van der Waals surface area contributed by atoms with E-state index in [-0.39, 0.29) is 12.0 Å². The number of ether oxygens (including phenoxy) is 1. The van der Waals surface area contributed by atoms with Gasteiger partial charge in [-0.25, -0.2) is 13.1 Å². The lowest BCUT2D eigenvalue weighted by atomic mass is 10.0. The van der Waals surface area contributed by atoms with Gasteiger partial charge in [0, 0.05) is 21.9 Å². The van der Waals surface area contributed by atoms with Crippen molar-refractivity contribution in [2.75, 3.05) is 13.4 Å². The molecular weight excluding hydrogens is 470 g/mol. The zero-order valence-electron chi connectivity index (χ0n) is 19.5. The first-order valence-electron chi connectivity index (χ1n) is 10.9. The SMILES string of the molecule is COC(=O)C(CC(C)C)NSc1ccc2oc3cc(-c4ccc(S(C)(=O)=O)cc4)ccc3c2c1. The minimum absolute atomic E-state index is 0.270. The van der Waals surface area contributed by atoms with Gasteiger partial charge < -0.3 is 9.15 Å². The van der Waals surface area contributed by atoms with Crippen LogP contribution >= 0.6 is 11.9 Å². The summed E-state index contributed by atoms with van der Waals surface area (Å²) in [5.41, 5.74) is 3.38. The summed E-state index contributed by atoms with van der Waals surface area (Å²) >= 11 is 1.40. The van der Waals surface area contributed by atoms with E-state index in [1.54, 1.807) is 24.3 Å². The maximum atomic E-state index is 12.1. The third-order valence-electron chi connectivity index (χ3n) is 5.57. The molecule has 4 aromatic rings. The molecule has 0 aliphatic carbocycles. The predicted octanol–water partition coefficient (Wildman–Crippen LogP) is 5.84. The number of carbonyl (C=O) groups is 1. The summed E-state index contributed by atoms with van der Waals surface area (Å²) in [5, 5.41) is 1.97. The van der Waals surface area contributed by atoms with Crippen molar-refractivity contribution in [1.82, 2.24) is 4.72 Å². The van der Waals surface area contributed by atoms with E-state index in [2.05, 4.69) is 18.6 Å². The summed E-state index contributed by atoms with van der Waals surface area (Å²) in [7, 11) is -1.83. The Morgan fingerprint density at radius 3 is 2.32 bits per heavy atom. The van der Waals surface area contributed by atoms with Gasteiger partial charge in [-0.15, -0.1) is 0 Å². The highest BCUT2D eigenvalue weighted by Crippen LogP contribution is 2.34. The Balaban J connectivity index is 1.60. The van der Waals surface area contributed by atoms with E-state index in [4.69, 9.17) is 9.15 Å². The lowest BCUT2D eigenvalue weighted by molar-refractivity contribution is -0.142. The Kier molecular flexibility index (Phi) is 7.02. The van der Waals surface area contributed by atoms with Crippen molar-refractivity contribution in [3.8, 4) is 11.1 Å². The zero-order chi connectivity index (χ0) is 24.5. The Bertz CT molecular complexity index is 1440. The molecule has 1 N–H and O–H groups in total. The third kappa shape index (κ3) is 5.29.